The molecule has 0 atom stereocenters. The molecule has 1 amide bonds. The van der Waals surface area contributed by atoms with Crippen molar-refractivity contribution in [3.63, 3.8) is 0 Å². The molecule has 0 spiro atoms. The maximum Gasteiger partial charge on any atom is 0.251 e. The molecule has 0 aliphatic heterocycles. The molecule has 154 valence electrons. The largest absolute Gasteiger partial charge is 0.348 e. The van der Waals surface area contributed by atoms with Crippen LogP contribution in [0.2, 0.25) is 0 Å². The number of aryl methyl sites for hydroxylation is 2. The Kier molecular flexibility index (Phi) is 5.08. The number of amides is 1. The summed E-state index contributed by atoms with van der Waals surface area (Å²) < 4.78 is 28.8. The monoisotopic (exact) mass is 424 g/mol. The molecule has 0 radical (unpaired) electrons. The van der Waals surface area contributed by atoms with Gasteiger partial charge in [-0.2, -0.15) is 5.10 Å². The minimum absolute atomic E-state index is 0.191. The summed E-state index contributed by atoms with van der Waals surface area (Å²) in [6, 6.07) is 6.25. The van der Waals surface area contributed by atoms with E-state index >= 15 is 0 Å². The van der Waals surface area contributed by atoms with Crippen molar-refractivity contribution in [3.05, 3.63) is 77.6 Å². The van der Waals surface area contributed by atoms with Gasteiger partial charge in [0, 0.05) is 55.7 Å². The summed E-state index contributed by atoms with van der Waals surface area (Å²) in [4.78, 5) is 21.0. The summed E-state index contributed by atoms with van der Waals surface area (Å²) in [5, 5.41) is 6.95. The Morgan fingerprint density at radius 3 is 2.73 bits per heavy atom. The number of nitrogens with one attached hydrogen (secondary N) is 1. The van der Waals surface area contributed by atoms with Crippen molar-refractivity contribution in [1.82, 2.24) is 29.5 Å². The summed E-state index contributed by atoms with van der Waals surface area (Å²) in [5.74, 6) is 0.102. The van der Waals surface area contributed by atoms with E-state index in [9.17, 15) is 13.2 Å². The van der Waals surface area contributed by atoms with Crippen molar-refractivity contribution in [3.8, 4) is 0 Å². The zero-order valence-electron chi connectivity index (χ0n) is 16.5. The number of hydrogen-bond donors (Lipinski definition) is 1. The molecule has 1 N–H and O–H groups in total. The number of hydrogen-bond acceptors (Lipinski definition) is 6. The molecule has 0 aliphatic carbocycles. The molecule has 0 aliphatic rings. The van der Waals surface area contributed by atoms with Gasteiger partial charge in [-0.15, -0.1) is 0 Å². The van der Waals surface area contributed by atoms with Gasteiger partial charge in [0.2, 0.25) is 5.78 Å². The summed E-state index contributed by atoms with van der Waals surface area (Å²) in [6.07, 6.45) is 8.62. The first-order valence-corrected chi connectivity index (χ1v) is 10.8. The van der Waals surface area contributed by atoms with Crippen LogP contribution in [0.4, 0.5) is 0 Å². The quantitative estimate of drug-likeness (QED) is 0.504. The first-order chi connectivity index (χ1) is 14.3. The second kappa shape index (κ2) is 7.71. The first-order valence-electron chi connectivity index (χ1n) is 9.19. The third-order valence-corrected chi connectivity index (χ3v) is 6.43. The normalized spacial score (nSPS) is 11.7. The van der Waals surface area contributed by atoms with Crippen LogP contribution in [0, 0.1) is 6.92 Å². The average Bonchev–Trinajstić information content (AvgIpc) is 3.33. The minimum atomic E-state index is -3.57. The van der Waals surface area contributed by atoms with E-state index in [0.29, 0.717) is 29.1 Å². The van der Waals surface area contributed by atoms with Gasteiger partial charge < -0.3 is 5.32 Å². The smallest absolute Gasteiger partial charge is 0.251 e. The van der Waals surface area contributed by atoms with Crippen LogP contribution in [-0.2, 0) is 29.2 Å². The molecule has 4 rings (SSSR count). The van der Waals surface area contributed by atoms with E-state index in [0.717, 1.165) is 5.56 Å². The molecular formula is C20H20N6O3S. The number of nitrogens with zero attached hydrogens (tertiary/aromatic N) is 5. The van der Waals surface area contributed by atoms with E-state index in [1.54, 1.807) is 60.0 Å². The molecule has 3 heterocycles. The van der Waals surface area contributed by atoms with Gasteiger partial charge in [0.05, 0.1) is 16.3 Å². The van der Waals surface area contributed by atoms with Crippen LogP contribution < -0.4 is 5.32 Å². The van der Waals surface area contributed by atoms with Crippen molar-refractivity contribution < 1.29 is 13.2 Å². The lowest BCUT2D eigenvalue weighted by Gasteiger charge is -2.10. The van der Waals surface area contributed by atoms with Gasteiger partial charge in [0.1, 0.15) is 0 Å². The van der Waals surface area contributed by atoms with Crippen LogP contribution in [0.3, 0.4) is 0 Å². The Morgan fingerprint density at radius 1 is 1.17 bits per heavy atom. The Labute approximate surface area is 173 Å². The van der Waals surface area contributed by atoms with Gasteiger partial charge in [-0.05, 0) is 36.8 Å². The third kappa shape index (κ3) is 4.08. The van der Waals surface area contributed by atoms with Crippen molar-refractivity contribution in [2.45, 2.75) is 24.1 Å². The molecule has 0 saturated heterocycles. The standard InChI is InChI=1S/C20H20N6O3S/c1-14-9-16(3-4-18(14)30(28,29)13-17-5-7-25(2)24-17)19(27)22-10-15-11-23-20-21-6-8-26(20)12-15/h3-9,11-12H,10,13H2,1-2H3,(H,22,27). The fourth-order valence-electron chi connectivity index (χ4n) is 3.19. The predicted octanol–water partition coefficient (Wildman–Crippen LogP) is 1.68. The van der Waals surface area contributed by atoms with Crippen LogP contribution in [-0.4, -0.2) is 38.5 Å². The maximum absolute atomic E-state index is 12.7. The number of carbonyl (C=O) groups is 1. The maximum atomic E-state index is 12.7. The molecule has 9 nitrogen and oxygen atoms in total. The first kappa shape index (κ1) is 19.8. The predicted molar refractivity (Wildman–Crippen MR) is 109 cm³/mol. The van der Waals surface area contributed by atoms with Crippen LogP contribution in [0.15, 0.2) is 60.1 Å². The van der Waals surface area contributed by atoms with Crippen LogP contribution >= 0.6 is 0 Å². The lowest BCUT2D eigenvalue weighted by Crippen LogP contribution is -2.23. The summed E-state index contributed by atoms with van der Waals surface area (Å²) in [7, 11) is -1.83. The molecule has 10 heteroatoms. The molecular weight excluding hydrogens is 404 g/mol. The molecule has 1 aromatic carbocycles. The second-order valence-electron chi connectivity index (χ2n) is 7.00. The number of benzene rings is 1. The van der Waals surface area contributed by atoms with Gasteiger partial charge in [0.15, 0.2) is 9.84 Å². The Bertz CT molecular complexity index is 1340. The van der Waals surface area contributed by atoms with E-state index < -0.39 is 9.84 Å². The highest BCUT2D eigenvalue weighted by Crippen LogP contribution is 2.21. The molecule has 30 heavy (non-hydrogen) atoms. The zero-order chi connectivity index (χ0) is 21.3. The SMILES string of the molecule is Cc1cc(C(=O)NCc2cnc3nccn3c2)ccc1S(=O)(=O)Cc1ccn(C)n1. The van der Waals surface area contributed by atoms with Gasteiger partial charge in [-0.25, -0.2) is 18.4 Å². The molecule has 0 bridgehead atoms. The van der Waals surface area contributed by atoms with Gasteiger partial charge in [-0.1, -0.05) is 0 Å². The van der Waals surface area contributed by atoms with Crippen LogP contribution in [0.5, 0.6) is 0 Å². The number of fused-ring (bicyclic) bond motifs is 1. The summed E-state index contributed by atoms with van der Waals surface area (Å²) in [5.41, 5.74) is 2.20. The summed E-state index contributed by atoms with van der Waals surface area (Å²) >= 11 is 0. The van der Waals surface area contributed by atoms with E-state index in [2.05, 4.69) is 20.4 Å². The van der Waals surface area contributed by atoms with E-state index in [4.69, 9.17) is 0 Å². The van der Waals surface area contributed by atoms with E-state index in [1.165, 1.54) is 12.1 Å². The number of sulfone groups is 1. The molecule has 0 unspecified atom stereocenters. The van der Waals surface area contributed by atoms with Gasteiger partial charge in [-0.3, -0.25) is 13.9 Å². The Morgan fingerprint density at radius 2 is 2.00 bits per heavy atom. The Balaban J connectivity index is 1.47. The topological polar surface area (TPSA) is 111 Å². The fourth-order valence-corrected chi connectivity index (χ4v) is 4.71. The highest BCUT2D eigenvalue weighted by atomic mass is 32.2. The Hall–Kier alpha value is -3.53. The highest BCUT2D eigenvalue weighted by molar-refractivity contribution is 7.90. The average molecular weight is 424 g/mol. The van der Waals surface area contributed by atoms with Crippen molar-refractivity contribution in [2.24, 2.45) is 7.05 Å². The van der Waals surface area contributed by atoms with Gasteiger partial charge >= 0.3 is 0 Å². The lowest BCUT2D eigenvalue weighted by molar-refractivity contribution is 0.0950. The fraction of sp³-hybridized carbons (Fsp3) is 0.200. The van der Waals surface area contributed by atoms with Crippen molar-refractivity contribution in [2.75, 3.05) is 0 Å². The molecule has 0 saturated carbocycles. The minimum Gasteiger partial charge on any atom is -0.348 e. The highest BCUT2D eigenvalue weighted by Gasteiger charge is 2.20. The number of carbonyl (C=O) groups excluding carboxylic acids is 1. The lowest BCUT2D eigenvalue weighted by atomic mass is 10.1. The number of imidazole rings is 1. The third-order valence-electron chi connectivity index (χ3n) is 4.63. The van der Waals surface area contributed by atoms with Crippen LogP contribution in [0.1, 0.15) is 27.2 Å². The van der Waals surface area contributed by atoms with Crippen molar-refractivity contribution >= 4 is 21.5 Å². The van der Waals surface area contributed by atoms with E-state index in [1.807, 2.05) is 6.20 Å². The van der Waals surface area contributed by atoms with Crippen LogP contribution in [0.25, 0.3) is 5.78 Å². The van der Waals surface area contributed by atoms with Gasteiger partial charge in [0.25, 0.3) is 5.91 Å². The second-order valence-corrected chi connectivity index (χ2v) is 8.96. The number of rotatable bonds is 6. The van der Waals surface area contributed by atoms with E-state index in [-0.39, 0.29) is 16.6 Å². The molecule has 0 fully saturated rings. The molecule has 3 aromatic heterocycles. The number of aromatic nitrogens is 5. The summed E-state index contributed by atoms with van der Waals surface area (Å²) in [6.45, 7) is 1.97. The van der Waals surface area contributed by atoms with Crippen molar-refractivity contribution in [1.29, 1.82) is 0 Å². The molecule has 4 aromatic rings. The zero-order valence-corrected chi connectivity index (χ0v) is 17.3.